The zero-order valence-corrected chi connectivity index (χ0v) is 14.6. The van der Waals surface area contributed by atoms with E-state index in [9.17, 15) is 9.90 Å². The van der Waals surface area contributed by atoms with Gasteiger partial charge in [-0.05, 0) is 48.1 Å². The maximum atomic E-state index is 12.1. The molecule has 0 aliphatic heterocycles. The summed E-state index contributed by atoms with van der Waals surface area (Å²) in [5, 5.41) is 13.7. The summed E-state index contributed by atoms with van der Waals surface area (Å²) in [6, 6.07) is 15.9. The largest absolute Gasteiger partial charge is 0.497 e. The number of nitrogens with one attached hydrogen (secondary N) is 1. The minimum atomic E-state index is -0.843. The minimum absolute atomic E-state index is 0.0249. The normalized spacial score (nSPS) is 19.1. The summed E-state index contributed by atoms with van der Waals surface area (Å²) in [7, 11) is 1.64. The van der Waals surface area contributed by atoms with Crippen molar-refractivity contribution in [2.75, 3.05) is 13.7 Å². The van der Waals surface area contributed by atoms with Gasteiger partial charge in [0.1, 0.15) is 5.75 Å². The maximum Gasteiger partial charge on any atom is 0.220 e. The average molecular weight is 339 g/mol. The van der Waals surface area contributed by atoms with Gasteiger partial charge in [0.05, 0.1) is 12.7 Å². The predicted octanol–water partition coefficient (Wildman–Crippen LogP) is 2.66. The number of aryl methyl sites for hydroxylation is 2. The molecule has 2 aromatic carbocycles. The summed E-state index contributed by atoms with van der Waals surface area (Å²) in [6.07, 6.45) is 3.23. The molecule has 0 heterocycles. The lowest BCUT2D eigenvalue weighted by atomic mass is 9.80. The number of aliphatic hydroxyl groups is 1. The van der Waals surface area contributed by atoms with Crippen molar-refractivity contribution in [1.29, 1.82) is 0 Å². The predicted molar refractivity (Wildman–Crippen MR) is 97.7 cm³/mol. The van der Waals surface area contributed by atoms with Gasteiger partial charge in [-0.3, -0.25) is 4.79 Å². The molecule has 1 aliphatic carbocycles. The zero-order chi connectivity index (χ0) is 17.7. The van der Waals surface area contributed by atoms with Gasteiger partial charge in [-0.15, -0.1) is 0 Å². The number of fused-ring (bicyclic) bond motifs is 1. The maximum absolute atomic E-state index is 12.1. The number of hydrogen-bond acceptors (Lipinski definition) is 3. The van der Waals surface area contributed by atoms with E-state index in [1.54, 1.807) is 7.11 Å². The molecule has 0 bridgehead atoms. The monoisotopic (exact) mass is 339 g/mol. The van der Waals surface area contributed by atoms with Crippen LogP contribution in [0.4, 0.5) is 0 Å². The third-order valence-corrected chi connectivity index (χ3v) is 4.91. The highest BCUT2D eigenvalue weighted by atomic mass is 16.5. The fourth-order valence-electron chi connectivity index (χ4n) is 3.34. The first-order chi connectivity index (χ1) is 12.1. The molecule has 1 unspecified atom stereocenters. The van der Waals surface area contributed by atoms with Crippen LogP contribution in [0.15, 0.2) is 48.5 Å². The first-order valence-electron chi connectivity index (χ1n) is 8.77. The second-order valence-corrected chi connectivity index (χ2v) is 6.79. The van der Waals surface area contributed by atoms with Gasteiger partial charge < -0.3 is 15.2 Å². The number of carbonyl (C=O) groups is 1. The Morgan fingerprint density at radius 1 is 1.16 bits per heavy atom. The quantitative estimate of drug-likeness (QED) is 0.851. The Balaban J connectivity index is 1.47. The lowest BCUT2D eigenvalue weighted by Gasteiger charge is -2.33. The Hall–Kier alpha value is -2.33. The van der Waals surface area contributed by atoms with E-state index >= 15 is 0 Å². The van der Waals surface area contributed by atoms with Crippen LogP contribution in [0.2, 0.25) is 0 Å². The fraction of sp³-hybridized carbons (Fsp3) is 0.381. The number of rotatable bonds is 6. The average Bonchev–Trinajstić information content (AvgIpc) is 2.65. The van der Waals surface area contributed by atoms with Crippen LogP contribution in [-0.4, -0.2) is 30.3 Å². The Morgan fingerprint density at radius 2 is 1.88 bits per heavy atom. The molecule has 0 fully saturated rings. The van der Waals surface area contributed by atoms with Crippen LogP contribution in [-0.2, 0) is 24.1 Å². The second kappa shape index (κ2) is 7.70. The number of amides is 1. The van der Waals surface area contributed by atoms with Crippen LogP contribution in [0, 0.1) is 0 Å². The van der Waals surface area contributed by atoms with Crippen LogP contribution in [0.5, 0.6) is 5.75 Å². The number of hydrogen-bond donors (Lipinski definition) is 2. The molecular formula is C21H25NO3. The highest BCUT2D eigenvalue weighted by Crippen LogP contribution is 2.28. The molecule has 0 saturated heterocycles. The first-order valence-corrected chi connectivity index (χ1v) is 8.77. The third-order valence-electron chi connectivity index (χ3n) is 4.91. The highest BCUT2D eigenvalue weighted by molar-refractivity contribution is 5.76. The van der Waals surface area contributed by atoms with Crippen LogP contribution in [0.1, 0.15) is 29.5 Å². The molecule has 25 heavy (non-hydrogen) atoms. The van der Waals surface area contributed by atoms with Gasteiger partial charge >= 0.3 is 0 Å². The van der Waals surface area contributed by atoms with Crippen molar-refractivity contribution in [3.8, 4) is 5.75 Å². The number of benzene rings is 2. The summed E-state index contributed by atoms with van der Waals surface area (Å²) >= 11 is 0. The zero-order valence-electron chi connectivity index (χ0n) is 14.6. The fourth-order valence-corrected chi connectivity index (χ4v) is 3.34. The molecule has 4 heteroatoms. The summed E-state index contributed by atoms with van der Waals surface area (Å²) in [4.78, 5) is 12.1. The van der Waals surface area contributed by atoms with Crippen molar-refractivity contribution in [1.82, 2.24) is 5.32 Å². The molecule has 1 amide bonds. The molecule has 3 rings (SSSR count). The van der Waals surface area contributed by atoms with Crippen LogP contribution in [0.25, 0.3) is 0 Å². The van der Waals surface area contributed by atoms with Gasteiger partial charge in [-0.25, -0.2) is 0 Å². The van der Waals surface area contributed by atoms with Gasteiger partial charge in [0.25, 0.3) is 0 Å². The van der Waals surface area contributed by atoms with Crippen molar-refractivity contribution in [3.05, 3.63) is 65.2 Å². The van der Waals surface area contributed by atoms with E-state index in [4.69, 9.17) is 4.74 Å². The number of carbonyl (C=O) groups excluding carboxylic acids is 1. The van der Waals surface area contributed by atoms with Gasteiger partial charge in [0.15, 0.2) is 0 Å². The molecule has 2 N–H and O–H groups in total. The van der Waals surface area contributed by atoms with Gasteiger partial charge in [-0.1, -0.05) is 36.4 Å². The van der Waals surface area contributed by atoms with Crippen LogP contribution in [0.3, 0.4) is 0 Å². The van der Waals surface area contributed by atoms with E-state index in [0.29, 0.717) is 32.2 Å². The molecule has 4 nitrogen and oxygen atoms in total. The first kappa shape index (κ1) is 17.5. The van der Waals surface area contributed by atoms with Gasteiger partial charge in [0.2, 0.25) is 5.91 Å². The minimum Gasteiger partial charge on any atom is -0.497 e. The Bertz CT molecular complexity index is 726. The van der Waals surface area contributed by atoms with E-state index in [1.807, 2.05) is 36.4 Å². The molecule has 0 saturated carbocycles. The highest BCUT2D eigenvalue weighted by Gasteiger charge is 2.32. The van der Waals surface area contributed by atoms with Crippen molar-refractivity contribution in [3.63, 3.8) is 0 Å². The summed E-state index contributed by atoms with van der Waals surface area (Å²) in [6.45, 7) is 0.308. The van der Waals surface area contributed by atoms with E-state index in [0.717, 1.165) is 17.7 Å². The molecule has 0 radical (unpaired) electrons. The van der Waals surface area contributed by atoms with Crippen molar-refractivity contribution in [2.45, 2.75) is 37.7 Å². The molecular weight excluding hydrogens is 314 g/mol. The molecule has 1 aliphatic rings. The topological polar surface area (TPSA) is 58.6 Å². The van der Waals surface area contributed by atoms with E-state index in [1.165, 1.54) is 11.1 Å². The Morgan fingerprint density at radius 3 is 2.60 bits per heavy atom. The smallest absolute Gasteiger partial charge is 0.220 e. The number of methoxy groups -OCH3 is 1. The van der Waals surface area contributed by atoms with Crippen LogP contribution < -0.4 is 10.1 Å². The summed E-state index contributed by atoms with van der Waals surface area (Å²) < 4.78 is 5.13. The molecule has 2 aromatic rings. The Kier molecular flexibility index (Phi) is 5.39. The standard InChI is InChI=1S/C21H25NO3/c1-25-19-9-6-16(7-10-19)8-11-20(23)22-15-21(24)13-12-17-4-2-3-5-18(17)14-21/h2-7,9-10,24H,8,11-15H2,1H3,(H,22,23). The lowest BCUT2D eigenvalue weighted by Crippen LogP contribution is -2.46. The molecule has 0 aromatic heterocycles. The third kappa shape index (κ3) is 4.60. The molecule has 0 spiro atoms. The number of ether oxygens (including phenoxy) is 1. The lowest BCUT2D eigenvalue weighted by molar-refractivity contribution is -0.122. The van der Waals surface area contributed by atoms with E-state index < -0.39 is 5.60 Å². The van der Waals surface area contributed by atoms with Crippen molar-refractivity contribution in [2.24, 2.45) is 0 Å². The SMILES string of the molecule is COc1ccc(CCC(=O)NCC2(O)CCc3ccccc3C2)cc1. The van der Waals surface area contributed by atoms with E-state index in [-0.39, 0.29) is 5.91 Å². The molecule has 1 atom stereocenters. The Labute approximate surface area is 148 Å². The second-order valence-electron chi connectivity index (χ2n) is 6.79. The summed E-state index contributed by atoms with van der Waals surface area (Å²) in [5.41, 5.74) is 2.74. The van der Waals surface area contributed by atoms with Gasteiger partial charge in [-0.2, -0.15) is 0 Å². The van der Waals surface area contributed by atoms with Gasteiger partial charge in [0, 0.05) is 19.4 Å². The van der Waals surface area contributed by atoms with E-state index in [2.05, 4.69) is 17.4 Å². The van der Waals surface area contributed by atoms with Crippen molar-refractivity contribution >= 4 is 5.91 Å². The van der Waals surface area contributed by atoms with Crippen LogP contribution >= 0.6 is 0 Å². The van der Waals surface area contributed by atoms with Crippen molar-refractivity contribution < 1.29 is 14.6 Å². The summed E-state index contributed by atoms with van der Waals surface area (Å²) in [5.74, 6) is 0.788. The molecule has 132 valence electrons.